The van der Waals surface area contributed by atoms with Gasteiger partial charge in [0.15, 0.2) is 11.5 Å². The Hall–Kier alpha value is -2.54. The number of likely N-dealkylation sites (N-methyl/N-ethyl adjacent to an activating group) is 1. The lowest BCUT2D eigenvalue weighted by Gasteiger charge is -2.23. The van der Waals surface area contributed by atoms with Crippen LogP contribution in [0.1, 0.15) is 17.8 Å². The summed E-state index contributed by atoms with van der Waals surface area (Å²) < 4.78 is 10.9. The zero-order chi connectivity index (χ0) is 17.1. The van der Waals surface area contributed by atoms with Gasteiger partial charge in [0.25, 0.3) is 0 Å². The Kier molecular flexibility index (Phi) is 4.71. The van der Waals surface area contributed by atoms with Crippen molar-refractivity contribution in [1.29, 1.82) is 0 Å². The predicted molar refractivity (Wildman–Crippen MR) is 91.6 cm³/mol. The highest BCUT2D eigenvalue weighted by Crippen LogP contribution is 2.32. The Bertz CT molecular complexity index is 745. The number of thiophene rings is 1. The maximum Gasteiger partial charge on any atom is 0.313 e. The number of carbonyl (C=O) groups is 2. The summed E-state index contributed by atoms with van der Waals surface area (Å²) in [4.78, 5) is 27.0. The molecule has 1 aliphatic heterocycles. The van der Waals surface area contributed by atoms with Gasteiger partial charge in [-0.3, -0.25) is 9.59 Å². The Morgan fingerprint density at radius 1 is 1.21 bits per heavy atom. The molecule has 1 aromatic heterocycles. The predicted octanol–water partition coefficient (Wildman–Crippen LogP) is 2.68. The molecule has 7 heteroatoms. The van der Waals surface area contributed by atoms with Crippen LogP contribution < -0.4 is 14.8 Å². The highest BCUT2D eigenvalue weighted by atomic mass is 32.1. The van der Waals surface area contributed by atoms with Crippen molar-refractivity contribution < 1.29 is 19.1 Å². The zero-order valence-corrected chi connectivity index (χ0v) is 14.3. The summed E-state index contributed by atoms with van der Waals surface area (Å²) in [6.45, 7) is 2.86. The lowest BCUT2D eigenvalue weighted by atomic mass is 10.2. The molecule has 126 valence electrons. The van der Waals surface area contributed by atoms with E-state index >= 15 is 0 Å². The quantitative estimate of drug-likeness (QED) is 0.868. The second-order valence-electron chi connectivity index (χ2n) is 5.42. The summed E-state index contributed by atoms with van der Waals surface area (Å²) in [7, 11) is 1.62. The standard InChI is InChI=1S/C17H18N2O4S/c1-11(15-4-3-9-24-15)19(2)17(21)16(20)18-12-5-6-13-14(10-12)23-8-7-22-13/h3-6,9-11H,7-8H2,1-2H3,(H,18,20)/t11-/m0/s1. The van der Waals surface area contributed by atoms with E-state index in [1.807, 2.05) is 24.4 Å². The van der Waals surface area contributed by atoms with E-state index in [0.717, 1.165) is 4.88 Å². The van der Waals surface area contributed by atoms with Crippen LogP contribution in [0.25, 0.3) is 0 Å². The van der Waals surface area contributed by atoms with Gasteiger partial charge in [-0.25, -0.2) is 0 Å². The molecule has 6 nitrogen and oxygen atoms in total. The van der Waals surface area contributed by atoms with E-state index in [0.29, 0.717) is 30.4 Å². The molecule has 1 aliphatic rings. The largest absolute Gasteiger partial charge is 0.486 e. The third-order valence-corrected chi connectivity index (χ3v) is 4.89. The summed E-state index contributed by atoms with van der Waals surface area (Å²) in [6, 6.07) is 8.75. The van der Waals surface area contributed by atoms with Crippen molar-refractivity contribution in [3.63, 3.8) is 0 Å². The molecule has 2 aromatic rings. The fourth-order valence-electron chi connectivity index (χ4n) is 2.36. The van der Waals surface area contributed by atoms with E-state index in [1.165, 1.54) is 4.90 Å². The van der Waals surface area contributed by atoms with Crippen LogP contribution in [0.5, 0.6) is 11.5 Å². The van der Waals surface area contributed by atoms with Crippen LogP contribution in [-0.4, -0.2) is 37.0 Å². The van der Waals surface area contributed by atoms with E-state index in [2.05, 4.69) is 5.32 Å². The van der Waals surface area contributed by atoms with E-state index in [1.54, 1.807) is 36.6 Å². The van der Waals surface area contributed by atoms with Gasteiger partial charge in [0.2, 0.25) is 0 Å². The number of carbonyl (C=O) groups excluding carboxylic acids is 2. The number of amides is 2. The SMILES string of the molecule is C[C@@H](c1cccs1)N(C)C(=O)C(=O)Nc1ccc2c(c1)OCCO2. The van der Waals surface area contributed by atoms with Gasteiger partial charge in [-0.15, -0.1) is 11.3 Å². The van der Waals surface area contributed by atoms with Crippen molar-refractivity contribution in [2.75, 3.05) is 25.6 Å². The van der Waals surface area contributed by atoms with Gasteiger partial charge in [-0.05, 0) is 30.5 Å². The summed E-state index contributed by atoms with van der Waals surface area (Å²) in [5.41, 5.74) is 0.495. The number of ether oxygens (including phenoxy) is 2. The maximum atomic E-state index is 12.3. The molecular weight excluding hydrogens is 328 g/mol. The van der Waals surface area contributed by atoms with Gasteiger partial charge in [0, 0.05) is 23.7 Å². The summed E-state index contributed by atoms with van der Waals surface area (Å²) in [5, 5.41) is 4.55. The topological polar surface area (TPSA) is 67.9 Å². The minimum atomic E-state index is -0.683. The number of hydrogen-bond donors (Lipinski definition) is 1. The van der Waals surface area contributed by atoms with Gasteiger partial charge >= 0.3 is 11.8 Å². The molecule has 1 aromatic carbocycles. The fraction of sp³-hybridized carbons (Fsp3) is 0.294. The molecule has 0 spiro atoms. The highest BCUT2D eigenvalue weighted by molar-refractivity contribution is 7.10. The summed E-state index contributed by atoms with van der Waals surface area (Å²) >= 11 is 1.55. The third kappa shape index (κ3) is 3.35. The van der Waals surface area contributed by atoms with Gasteiger partial charge in [0.05, 0.1) is 6.04 Å². The van der Waals surface area contributed by atoms with Crippen LogP contribution in [0.3, 0.4) is 0 Å². The Morgan fingerprint density at radius 2 is 1.96 bits per heavy atom. The minimum absolute atomic E-state index is 0.163. The Morgan fingerprint density at radius 3 is 2.67 bits per heavy atom. The van der Waals surface area contributed by atoms with E-state index in [-0.39, 0.29) is 6.04 Å². The normalized spacial score (nSPS) is 13.9. The molecule has 0 fully saturated rings. The van der Waals surface area contributed by atoms with Gasteiger partial charge in [0.1, 0.15) is 13.2 Å². The van der Waals surface area contributed by atoms with Crippen molar-refractivity contribution in [1.82, 2.24) is 4.90 Å². The van der Waals surface area contributed by atoms with Crippen molar-refractivity contribution >= 4 is 28.8 Å². The second kappa shape index (κ2) is 6.92. The monoisotopic (exact) mass is 346 g/mol. The lowest BCUT2D eigenvalue weighted by molar-refractivity contribution is -0.143. The first-order valence-electron chi connectivity index (χ1n) is 7.57. The van der Waals surface area contributed by atoms with Crippen LogP contribution in [0, 0.1) is 0 Å². The molecule has 0 unspecified atom stereocenters. The van der Waals surface area contributed by atoms with Gasteiger partial charge in [-0.1, -0.05) is 6.07 Å². The number of rotatable bonds is 3. The average molecular weight is 346 g/mol. The number of nitrogens with one attached hydrogen (secondary N) is 1. The van der Waals surface area contributed by atoms with Gasteiger partial charge in [-0.2, -0.15) is 0 Å². The van der Waals surface area contributed by atoms with Crippen LogP contribution >= 0.6 is 11.3 Å². The van der Waals surface area contributed by atoms with Crippen molar-refractivity contribution in [2.24, 2.45) is 0 Å². The van der Waals surface area contributed by atoms with E-state index in [9.17, 15) is 9.59 Å². The molecule has 2 heterocycles. The smallest absolute Gasteiger partial charge is 0.313 e. The number of nitrogens with zero attached hydrogens (tertiary/aromatic N) is 1. The lowest BCUT2D eigenvalue weighted by Crippen LogP contribution is -2.38. The van der Waals surface area contributed by atoms with Crippen molar-refractivity contribution in [3.8, 4) is 11.5 Å². The van der Waals surface area contributed by atoms with Gasteiger partial charge < -0.3 is 19.7 Å². The molecule has 0 saturated carbocycles. The molecule has 3 rings (SSSR count). The number of fused-ring (bicyclic) bond motifs is 1. The number of benzene rings is 1. The van der Waals surface area contributed by atoms with Crippen molar-refractivity contribution in [2.45, 2.75) is 13.0 Å². The van der Waals surface area contributed by atoms with E-state index < -0.39 is 11.8 Å². The van der Waals surface area contributed by atoms with Crippen LogP contribution in [-0.2, 0) is 9.59 Å². The zero-order valence-electron chi connectivity index (χ0n) is 13.4. The molecule has 1 N–H and O–H groups in total. The first-order chi connectivity index (χ1) is 11.6. The van der Waals surface area contributed by atoms with Crippen LogP contribution in [0.4, 0.5) is 5.69 Å². The summed E-state index contributed by atoms with van der Waals surface area (Å²) in [5.74, 6) is -0.0795. The Labute approximate surface area is 144 Å². The molecule has 0 saturated heterocycles. The molecule has 24 heavy (non-hydrogen) atoms. The molecule has 0 aliphatic carbocycles. The molecule has 1 atom stereocenters. The number of hydrogen-bond acceptors (Lipinski definition) is 5. The van der Waals surface area contributed by atoms with Crippen LogP contribution in [0.2, 0.25) is 0 Å². The third-order valence-electron chi connectivity index (χ3n) is 3.85. The molecule has 0 radical (unpaired) electrons. The first-order valence-corrected chi connectivity index (χ1v) is 8.45. The average Bonchev–Trinajstić information content (AvgIpc) is 3.14. The maximum absolute atomic E-state index is 12.3. The van der Waals surface area contributed by atoms with Crippen molar-refractivity contribution in [3.05, 3.63) is 40.6 Å². The molecule has 0 bridgehead atoms. The highest BCUT2D eigenvalue weighted by Gasteiger charge is 2.24. The minimum Gasteiger partial charge on any atom is -0.486 e. The first kappa shape index (κ1) is 16.3. The Balaban J connectivity index is 1.67. The van der Waals surface area contributed by atoms with Crippen LogP contribution in [0.15, 0.2) is 35.7 Å². The summed E-state index contributed by atoms with van der Waals surface area (Å²) in [6.07, 6.45) is 0. The second-order valence-corrected chi connectivity index (χ2v) is 6.40. The fourth-order valence-corrected chi connectivity index (χ4v) is 3.19. The number of anilines is 1. The van der Waals surface area contributed by atoms with E-state index in [4.69, 9.17) is 9.47 Å². The molecule has 2 amide bonds. The molecular formula is C17H18N2O4S.